The lowest BCUT2D eigenvalue weighted by Gasteiger charge is -2.27. The van der Waals surface area contributed by atoms with Gasteiger partial charge in [0.1, 0.15) is 5.82 Å². The van der Waals surface area contributed by atoms with Crippen LogP contribution in [0.4, 0.5) is 4.39 Å². The molecular weight excluding hydrogens is 295 g/mol. The van der Waals surface area contributed by atoms with E-state index in [1.54, 1.807) is 23.5 Å². The Labute approximate surface area is 128 Å². The van der Waals surface area contributed by atoms with Crippen LogP contribution in [-0.2, 0) is 6.42 Å². The van der Waals surface area contributed by atoms with E-state index in [9.17, 15) is 4.39 Å². The van der Waals surface area contributed by atoms with Gasteiger partial charge in [-0.1, -0.05) is 23.7 Å². The number of likely N-dealkylation sites (N-methyl/N-ethyl adjacent to an activating group) is 1. The van der Waals surface area contributed by atoms with Crippen molar-refractivity contribution in [2.24, 2.45) is 5.73 Å². The predicted octanol–water partition coefficient (Wildman–Crippen LogP) is 3.71. The Bertz CT molecular complexity index is 545. The molecule has 0 bridgehead atoms. The number of nitrogens with zero attached hydrogens (tertiary/aromatic N) is 1. The minimum atomic E-state index is -0.396. The molecule has 1 heterocycles. The Kier molecular flexibility index (Phi) is 5.54. The van der Waals surface area contributed by atoms with Crippen LogP contribution < -0.4 is 5.73 Å². The van der Waals surface area contributed by atoms with Crippen LogP contribution in [-0.4, -0.2) is 25.0 Å². The smallest absolute Gasteiger partial charge is 0.141 e. The second kappa shape index (κ2) is 7.18. The number of nitrogens with two attached hydrogens (primary N) is 1. The largest absolute Gasteiger partial charge is 0.329 e. The van der Waals surface area contributed by atoms with Gasteiger partial charge < -0.3 is 5.73 Å². The van der Waals surface area contributed by atoms with E-state index in [0.717, 1.165) is 18.5 Å². The zero-order chi connectivity index (χ0) is 14.5. The van der Waals surface area contributed by atoms with Crippen molar-refractivity contribution in [3.8, 4) is 0 Å². The molecule has 0 fully saturated rings. The minimum Gasteiger partial charge on any atom is -0.329 e. The van der Waals surface area contributed by atoms with Gasteiger partial charge in [-0.3, -0.25) is 4.90 Å². The van der Waals surface area contributed by atoms with Crippen molar-refractivity contribution in [2.45, 2.75) is 12.5 Å². The lowest BCUT2D eigenvalue weighted by molar-refractivity contribution is 0.253. The van der Waals surface area contributed by atoms with Gasteiger partial charge in [-0.2, -0.15) is 0 Å². The summed E-state index contributed by atoms with van der Waals surface area (Å²) in [4.78, 5) is 3.54. The molecule has 1 atom stereocenters. The zero-order valence-electron chi connectivity index (χ0n) is 11.4. The van der Waals surface area contributed by atoms with Crippen LogP contribution in [0.5, 0.6) is 0 Å². The number of hydrogen-bond donors (Lipinski definition) is 1. The molecule has 20 heavy (non-hydrogen) atoms. The molecular formula is C15H18ClFN2S. The number of halogens is 2. The zero-order valence-corrected chi connectivity index (χ0v) is 12.9. The lowest BCUT2D eigenvalue weighted by atomic mass is 10.1. The monoisotopic (exact) mass is 312 g/mol. The molecule has 0 amide bonds. The summed E-state index contributed by atoms with van der Waals surface area (Å²) in [6.07, 6.45) is 0.986. The molecule has 0 saturated carbocycles. The highest BCUT2D eigenvalue weighted by Gasteiger charge is 2.16. The summed E-state index contributed by atoms with van der Waals surface area (Å²) in [6, 6.07) is 9.04. The molecule has 2 rings (SSSR count). The van der Waals surface area contributed by atoms with Crippen LogP contribution in [0.15, 0.2) is 35.7 Å². The van der Waals surface area contributed by atoms with Crippen molar-refractivity contribution in [2.75, 3.05) is 20.1 Å². The van der Waals surface area contributed by atoms with Gasteiger partial charge in [0.2, 0.25) is 0 Å². The predicted molar refractivity (Wildman–Crippen MR) is 83.9 cm³/mol. The van der Waals surface area contributed by atoms with Crippen LogP contribution >= 0.6 is 22.9 Å². The molecule has 0 aliphatic heterocycles. The highest BCUT2D eigenvalue weighted by molar-refractivity contribution is 7.09. The van der Waals surface area contributed by atoms with E-state index in [1.807, 2.05) is 7.05 Å². The van der Waals surface area contributed by atoms with Gasteiger partial charge in [0, 0.05) is 24.0 Å². The average Bonchev–Trinajstić information content (AvgIpc) is 2.94. The Balaban J connectivity index is 2.04. The lowest BCUT2D eigenvalue weighted by Crippen LogP contribution is -2.32. The van der Waals surface area contributed by atoms with E-state index in [-0.39, 0.29) is 11.1 Å². The fraction of sp³-hybridized carbons (Fsp3) is 0.333. The van der Waals surface area contributed by atoms with Gasteiger partial charge in [-0.05, 0) is 42.6 Å². The maximum atomic E-state index is 13.2. The SMILES string of the molecule is CN(CCc1cccs1)C(CN)c1ccc(F)c(Cl)c1. The van der Waals surface area contributed by atoms with Crippen molar-refractivity contribution < 1.29 is 4.39 Å². The summed E-state index contributed by atoms with van der Waals surface area (Å²) >= 11 is 7.60. The first-order valence-corrected chi connectivity index (χ1v) is 7.75. The highest BCUT2D eigenvalue weighted by Crippen LogP contribution is 2.24. The number of thiophene rings is 1. The molecule has 2 aromatic rings. The van der Waals surface area contributed by atoms with Gasteiger partial charge in [0.05, 0.1) is 5.02 Å². The molecule has 108 valence electrons. The number of rotatable bonds is 6. The van der Waals surface area contributed by atoms with Crippen LogP contribution in [0, 0.1) is 5.82 Å². The van der Waals surface area contributed by atoms with E-state index >= 15 is 0 Å². The molecule has 0 aliphatic rings. The highest BCUT2D eigenvalue weighted by atomic mass is 35.5. The van der Waals surface area contributed by atoms with Gasteiger partial charge in [-0.15, -0.1) is 11.3 Å². The summed E-state index contributed by atoms with van der Waals surface area (Å²) in [6.45, 7) is 1.38. The molecule has 2 nitrogen and oxygen atoms in total. The minimum absolute atomic E-state index is 0.0491. The van der Waals surface area contributed by atoms with Crippen LogP contribution in [0.3, 0.4) is 0 Å². The summed E-state index contributed by atoms with van der Waals surface area (Å²) in [5.41, 5.74) is 6.82. The summed E-state index contributed by atoms with van der Waals surface area (Å²) in [5, 5.41) is 2.22. The van der Waals surface area contributed by atoms with Crippen molar-refractivity contribution in [1.82, 2.24) is 4.90 Å². The first-order chi connectivity index (χ1) is 9.61. The Morgan fingerprint density at radius 2 is 2.20 bits per heavy atom. The fourth-order valence-electron chi connectivity index (χ4n) is 2.19. The first-order valence-electron chi connectivity index (χ1n) is 6.49. The van der Waals surface area contributed by atoms with Crippen LogP contribution in [0.1, 0.15) is 16.5 Å². The molecule has 0 spiro atoms. The molecule has 5 heteroatoms. The van der Waals surface area contributed by atoms with E-state index in [4.69, 9.17) is 17.3 Å². The Morgan fingerprint density at radius 3 is 2.80 bits per heavy atom. The van der Waals surface area contributed by atoms with Crippen molar-refractivity contribution in [1.29, 1.82) is 0 Å². The normalized spacial score (nSPS) is 12.8. The van der Waals surface area contributed by atoms with E-state index in [0.29, 0.717) is 6.54 Å². The number of benzene rings is 1. The van der Waals surface area contributed by atoms with E-state index < -0.39 is 5.82 Å². The summed E-state index contributed by atoms with van der Waals surface area (Å²) in [7, 11) is 2.03. The fourth-order valence-corrected chi connectivity index (χ4v) is 3.07. The third-order valence-corrected chi connectivity index (χ3v) is 4.60. The third kappa shape index (κ3) is 3.79. The van der Waals surface area contributed by atoms with Gasteiger partial charge in [-0.25, -0.2) is 4.39 Å². The topological polar surface area (TPSA) is 29.3 Å². The van der Waals surface area contributed by atoms with E-state index in [1.165, 1.54) is 10.9 Å². The maximum absolute atomic E-state index is 13.2. The molecule has 2 N–H and O–H groups in total. The molecule has 0 radical (unpaired) electrons. The van der Waals surface area contributed by atoms with Gasteiger partial charge in [0.25, 0.3) is 0 Å². The molecule has 0 aliphatic carbocycles. The van der Waals surface area contributed by atoms with E-state index in [2.05, 4.69) is 22.4 Å². The van der Waals surface area contributed by atoms with Gasteiger partial charge >= 0.3 is 0 Å². The second-order valence-electron chi connectivity index (χ2n) is 4.74. The van der Waals surface area contributed by atoms with Crippen LogP contribution in [0.25, 0.3) is 0 Å². The third-order valence-electron chi connectivity index (χ3n) is 3.37. The molecule has 1 aromatic heterocycles. The van der Waals surface area contributed by atoms with Crippen molar-refractivity contribution in [3.05, 3.63) is 57.0 Å². The standard InChI is InChI=1S/C15H18ClFN2S/c1-19(7-6-12-3-2-8-20-12)15(10-18)11-4-5-14(17)13(16)9-11/h2-5,8-9,15H,6-7,10,18H2,1H3. The van der Waals surface area contributed by atoms with Crippen LogP contribution in [0.2, 0.25) is 5.02 Å². The Morgan fingerprint density at radius 1 is 1.40 bits per heavy atom. The second-order valence-corrected chi connectivity index (χ2v) is 6.17. The summed E-state index contributed by atoms with van der Waals surface area (Å²) in [5.74, 6) is -0.396. The molecule has 1 unspecified atom stereocenters. The quantitative estimate of drug-likeness (QED) is 0.881. The maximum Gasteiger partial charge on any atom is 0.141 e. The summed E-state index contributed by atoms with van der Waals surface area (Å²) < 4.78 is 13.2. The van der Waals surface area contributed by atoms with Crippen molar-refractivity contribution >= 4 is 22.9 Å². The average molecular weight is 313 g/mol. The molecule has 0 saturated heterocycles. The molecule has 1 aromatic carbocycles. The first kappa shape index (κ1) is 15.4. The van der Waals surface area contributed by atoms with Crippen molar-refractivity contribution in [3.63, 3.8) is 0 Å². The van der Waals surface area contributed by atoms with Gasteiger partial charge in [0.15, 0.2) is 0 Å². The number of hydrogen-bond acceptors (Lipinski definition) is 3. The Hall–Kier alpha value is -0.940.